The van der Waals surface area contributed by atoms with Crippen LogP contribution in [0.2, 0.25) is 0 Å². The molecule has 3 unspecified atom stereocenters. The third-order valence-corrected chi connectivity index (χ3v) is 4.49. The van der Waals surface area contributed by atoms with Gasteiger partial charge in [-0.15, -0.1) is 0 Å². The molecule has 1 aliphatic carbocycles. The van der Waals surface area contributed by atoms with Crippen LogP contribution < -0.4 is 0 Å². The van der Waals surface area contributed by atoms with Crippen molar-refractivity contribution in [3.05, 3.63) is 0 Å². The molecular weight excluding hydrogens is 246 g/mol. The molecule has 1 heterocycles. The molecule has 3 atom stereocenters. The van der Waals surface area contributed by atoms with E-state index < -0.39 is 5.97 Å². The summed E-state index contributed by atoms with van der Waals surface area (Å²) in [4.78, 5) is 25.4. The lowest BCUT2D eigenvalue weighted by atomic mass is 9.80. The van der Waals surface area contributed by atoms with Crippen LogP contribution in [0, 0.1) is 11.8 Å². The lowest BCUT2D eigenvalue weighted by Crippen LogP contribution is -2.49. The van der Waals surface area contributed by atoms with E-state index in [2.05, 4.69) is 0 Å². The summed E-state index contributed by atoms with van der Waals surface area (Å²) in [6, 6.07) is -0.0635. The first kappa shape index (κ1) is 14.3. The SMILES string of the molecule is O=C(O)C1CCCC(C(=O)N2CCCCC2CO)C1. The molecule has 1 amide bonds. The van der Waals surface area contributed by atoms with Gasteiger partial charge >= 0.3 is 5.97 Å². The normalized spacial score (nSPS) is 32.1. The summed E-state index contributed by atoms with van der Waals surface area (Å²) in [5.74, 6) is -1.26. The van der Waals surface area contributed by atoms with Crippen molar-refractivity contribution < 1.29 is 19.8 Å². The van der Waals surface area contributed by atoms with Crippen molar-refractivity contribution in [2.75, 3.05) is 13.2 Å². The summed E-state index contributed by atoms with van der Waals surface area (Å²) in [6.45, 7) is 0.721. The Morgan fingerprint density at radius 1 is 1.05 bits per heavy atom. The predicted molar refractivity (Wildman–Crippen MR) is 69.5 cm³/mol. The van der Waals surface area contributed by atoms with Gasteiger partial charge in [0.1, 0.15) is 0 Å². The molecule has 2 fully saturated rings. The molecule has 0 spiro atoms. The van der Waals surface area contributed by atoms with Gasteiger partial charge in [0.25, 0.3) is 0 Å². The van der Waals surface area contributed by atoms with Crippen LogP contribution in [0.5, 0.6) is 0 Å². The van der Waals surface area contributed by atoms with Gasteiger partial charge in [-0.05, 0) is 38.5 Å². The number of hydrogen-bond acceptors (Lipinski definition) is 3. The summed E-state index contributed by atoms with van der Waals surface area (Å²) in [7, 11) is 0. The van der Waals surface area contributed by atoms with E-state index in [4.69, 9.17) is 5.11 Å². The van der Waals surface area contributed by atoms with Crippen LogP contribution in [0.1, 0.15) is 44.9 Å². The second-order valence-electron chi connectivity index (χ2n) is 5.76. The van der Waals surface area contributed by atoms with Gasteiger partial charge in [0.15, 0.2) is 0 Å². The van der Waals surface area contributed by atoms with E-state index in [9.17, 15) is 14.7 Å². The van der Waals surface area contributed by atoms with E-state index in [1.807, 2.05) is 0 Å². The topological polar surface area (TPSA) is 77.8 Å². The highest BCUT2D eigenvalue weighted by atomic mass is 16.4. The Labute approximate surface area is 113 Å². The minimum absolute atomic E-state index is 0.0147. The summed E-state index contributed by atoms with van der Waals surface area (Å²) < 4.78 is 0. The first-order chi connectivity index (χ1) is 9.13. The van der Waals surface area contributed by atoms with Crippen LogP contribution in [0.4, 0.5) is 0 Å². The second-order valence-corrected chi connectivity index (χ2v) is 5.76. The number of piperidine rings is 1. The van der Waals surface area contributed by atoms with Gasteiger partial charge in [0.05, 0.1) is 18.6 Å². The van der Waals surface area contributed by atoms with Gasteiger partial charge in [-0.25, -0.2) is 0 Å². The number of hydrogen-bond donors (Lipinski definition) is 2. The Morgan fingerprint density at radius 3 is 2.47 bits per heavy atom. The Morgan fingerprint density at radius 2 is 1.79 bits per heavy atom. The maximum atomic E-state index is 12.5. The van der Waals surface area contributed by atoms with E-state index in [-0.39, 0.29) is 30.4 Å². The van der Waals surface area contributed by atoms with Crippen molar-refractivity contribution in [3.8, 4) is 0 Å². The van der Waals surface area contributed by atoms with Crippen molar-refractivity contribution in [2.45, 2.75) is 51.0 Å². The van der Waals surface area contributed by atoms with E-state index in [0.29, 0.717) is 19.4 Å². The first-order valence-electron chi connectivity index (χ1n) is 7.27. The predicted octanol–water partition coefficient (Wildman–Crippen LogP) is 1.25. The zero-order chi connectivity index (χ0) is 13.8. The lowest BCUT2D eigenvalue weighted by molar-refractivity contribution is -0.147. The molecule has 0 aromatic heterocycles. The highest BCUT2D eigenvalue weighted by Crippen LogP contribution is 2.32. The number of nitrogens with zero attached hydrogens (tertiary/aromatic N) is 1. The van der Waals surface area contributed by atoms with Crippen LogP contribution in [0.15, 0.2) is 0 Å². The van der Waals surface area contributed by atoms with Gasteiger partial charge in [-0.3, -0.25) is 9.59 Å². The fraction of sp³-hybridized carbons (Fsp3) is 0.857. The smallest absolute Gasteiger partial charge is 0.306 e. The average molecular weight is 269 g/mol. The van der Waals surface area contributed by atoms with Gasteiger partial charge in [0.2, 0.25) is 5.91 Å². The van der Waals surface area contributed by atoms with Crippen molar-refractivity contribution >= 4 is 11.9 Å². The summed E-state index contributed by atoms with van der Waals surface area (Å²) >= 11 is 0. The second kappa shape index (κ2) is 6.37. The van der Waals surface area contributed by atoms with E-state index in [1.165, 1.54) is 0 Å². The fourth-order valence-corrected chi connectivity index (χ4v) is 3.35. The highest BCUT2D eigenvalue weighted by Gasteiger charge is 2.36. The monoisotopic (exact) mass is 269 g/mol. The summed E-state index contributed by atoms with van der Waals surface area (Å²) in [6.07, 6.45) is 5.64. The van der Waals surface area contributed by atoms with Crippen LogP contribution in [-0.2, 0) is 9.59 Å². The highest BCUT2D eigenvalue weighted by molar-refractivity contribution is 5.80. The molecule has 0 bridgehead atoms. The molecule has 1 saturated heterocycles. The first-order valence-corrected chi connectivity index (χ1v) is 7.27. The number of rotatable bonds is 3. The van der Waals surface area contributed by atoms with Crippen molar-refractivity contribution in [1.29, 1.82) is 0 Å². The van der Waals surface area contributed by atoms with Crippen LogP contribution >= 0.6 is 0 Å². The number of likely N-dealkylation sites (tertiary alicyclic amines) is 1. The minimum Gasteiger partial charge on any atom is -0.481 e. The molecule has 2 aliphatic rings. The number of amides is 1. The number of aliphatic hydroxyl groups is 1. The number of carbonyl (C=O) groups is 2. The summed E-state index contributed by atoms with van der Waals surface area (Å²) in [5, 5.41) is 18.4. The Balaban J connectivity index is 1.99. The van der Waals surface area contributed by atoms with Crippen LogP contribution in [-0.4, -0.2) is 46.2 Å². The van der Waals surface area contributed by atoms with Gasteiger partial charge in [0, 0.05) is 12.5 Å². The van der Waals surface area contributed by atoms with E-state index >= 15 is 0 Å². The van der Waals surface area contributed by atoms with Gasteiger partial charge in [-0.1, -0.05) is 6.42 Å². The number of carboxylic acids is 1. The molecule has 2 N–H and O–H groups in total. The number of carboxylic acid groups (broad SMARTS) is 1. The fourth-order valence-electron chi connectivity index (χ4n) is 3.35. The third kappa shape index (κ3) is 3.26. The molecule has 0 aromatic carbocycles. The van der Waals surface area contributed by atoms with Gasteiger partial charge < -0.3 is 15.1 Å². The molecule has 2 rings (SSSR count). The molecule has 1 saturated carbocycles. The molecule has 0 aromatic rings. The van der Waals surface area contributed by atoms with E-state index in [0.717, 1.165) is 32.1 Å². The molecule has 5 nitrogen and oxygen atoms in total. The Hall–Kier alpha value is -1.10. The molecule has 0 radical (unpaired) electrons. The average Bonchev–Trinajstić information content (AvgIpc) is 2.46. The maximum absolute atomic E-state index is 12.5. The quantitative estimate of drug-likeness (QED) is 0.808. The van der Waals surface area contributed by atoms with Crippen LogP contribution in [0.3, 0.4) is 0 Å². The van der Waals surface area contributed by atoms with Crippen molar-refractivity contribution in [2.24, 2.45) is 11.8 Å². The van der Waals surface area contributed by atoms with E-state index in [1.54, 1.807) is 4.90 Å². The zero-order valence-corrected chi connectivity index (χ0v) is 11.3. The van der Waals surface area contributed by atoms with Crippen molar-refractivity contribution in [1.82, 2.24) is 4.90 Å². The Bertz CT molecular complexity index is 344. The van der Waals surface area contributed by atoms with Crippen molar-refractivity contribution in [3.63, 3.8) is 0 Å². The standard InChI is InChI=1S/C14H23NO4/c16-9-12-6-1-2-7-15(12)13(17)10-4-3-5-11(8-10)14(18)19/h10-12,16H,1-9H2,(H,18,19). The molecule has 5 heteroatoms. The maximum Gasteiger partial charge on any atom is 0.306 e. The van der Waals surface area contributed by atoms with Gasteiger partial charge in [-0.2, -0.15) is 0 Å². The third-order valence-electron chi connectivity index (χ3n) is 4.49. The molecule has 19 heavy (non-hydrogen) atoms. The number of carbonyl (C=O) groups excluding carboxylic acids is 1. The molecule has 108 valence electrons. The lowest BCUT2D eigenvalue weighted by Gasteiger charge is -2.38. The molecular formula is C14H23NO4. The summed E-state index contributed by atoms with van der Waals surface area (Å²) in [5.41, 5.74) is 0. The number of aliphatic carboxylic acids is 1. The largest absolute Gasteiger partial charge is 0.481 e. The minimum atomic E-state index is -0.783. The van der Waals surface area contributed by atoms with Crippen LogP contribution in [0.25, 0.3) is 0 Å². The number of aliphatic hydroxyl groups excluding tert-OH is 1. The molecule has 1 aliphatic heterocycles. The zero-order valence-electron chi connectivity index (χ0n) is 11.3. The Kier molecular flexibility index (Phi) is 4.80.